The van der Waals surface area contributed by atoms with Crippen LogP contribution in [0.15, 0.2) is 21.2 Å². The molecule has 20 heavy (non-hydrogen) atoms. The second-order valence-electron chi connectivity index (χ2n) is 3.86. The fraction of sp³-hybridized carbons (Fsp3) is 0.400. The zero-order valence-electron chi connectivity index (χ0n) is 9.55. The largest absolute Gasteiger partial charge is 0.356 e. The molecule has 2 heterocycles. The van der Waals surface area contributed by atoms with Crippen molar-refractivity contribution < 1.29 is 9.05 Å². The van der Waals surface area contributed by atoms with Gasteiger partial charge < -0.3 is 9.05 Å². The molecule has 10 heteroatoms. The highest BCUT2D eigenvalue weighted by atomic mass is 35.6. The maximum Gasteiger partial charge on any atom is 0.250 e. The summed E-state index contributed by atoms with van der Waals surface area (Å²) in [6, 6.07) is 3.12. The number of nitrogens with zero attached hydrogens (tertiary/aromatic N) is 2. The molecule has 0 saturated carbocycles. The van der Waals surface area contributed by atoms with Crippen molar-refractivity contribution in [2.24, 2.45) is 0 Å². The molecule has 4 nitrogen and oxygen atoms in total. The molecule has 0 unspecified atom stereocenters. The number of hydrogen-bond donors (Lipinski definition) is 0. The summed E-state index contributed by atoms with van der Waals surface area (Å²) in [5.74, 6) is 0.305. The normalized spacial score (nSPS) is 12.9. The van der Waals surface area contributed by atoms with Gasteiger partial charge in [-0.15, -0.1) is 0 Å². The highest BCUT2D eigenvalue weighted by molar-refractivity contribution is 6.67. The van der Waals surface area contributed by atoms with Crippen LogP contribution in [-0.2, 0) is 20.4 Å². The van der Waals surface area contributed by atoms with Gasteiger partial charge in [-0.3, -0.25) is 0 Å². The topological polar surface area (TPSA) is 52.1 Å². The number of aryl methyl sites for hydroxylation is 2. The SMILES string of the molecule is ClC(Cl)(Cl)c1cc(CCc2cc(C(Cl)(Cl)Cl)on2)no1. The Kier molecular flexibility index (Phi) is 5.05. The Morgan fingerprint density at radius 2 is 1.10 bits per heavy atom. The van der Waals surface area contributed by atoms with Gasteiger partial charge in [0.05, 0.1) is 11.4 Å². The number of halogens is 6. The summed E-state index contributed by atoms with van der Waals surface area (Å²) in [6.07, 6.45) is 1.02. The highest BCUT2D eigenvalue weighted by Gasteiger charge is 2.29. The van der Waals surface area contributed by atoms with Gasteiger partial charge in [0.2, 0.25) is 0 Å². The van der Waals surface area contributed by atoms with E-state index in [9.17, 15) is 0 Å². The van der Waals surface area contributed by atoms with Crippen molar-refractivity contribution in [2.45, 2.75) is 20.4 Å². The molecule has 0 aromatic carbocycles. The Morgan fingerprint density at radius 3 is 1.35 bits per heavy atom. The molecule has 0 fully saturated rings. The highest BCUT2D eigenvalue weighted by Crippen LogP contribution is 2.39. The van der Waals surface area contributed by atoms with Crippen molar-refractivity contribution in [1.29, 1.82) is 0 Å². The molecule has 110 valence electrons. The predicted molar refractivity (Wildman–Crippen MR) is 78.9 cm³/mol. The summed E-state index contributed by atoms with van der Waals surface area (Å²) in [7, 11) is 0. The standard InChI is InChI=1S/C10H6Cl6N2O2/c11-9(12,13)7-3-5(17-19-7)1-2-6-4-8(20-18-6)10(14,15)16/h3-4H,1-2H2. The molecule has 0 amide bonds. The van der Waals surface area contributed by atoms with Crippen LogP contribution in [0, 0.1) is 0 Å². The molecule has 2 rings (SSSR count). The number of alkyl halides is 6. The Hall–Kier alpha value is 0.160. The maximum atomic E-state index is 5.67. The van der Waals surface area contributed by atoms with Crippen LogP contribution in [0.1, 0.15) is 22.9 Å². The molecule has 2 aromatic rings. The van der Waals surface area contributed by atoms with E-state index in [1.165, 1.54) is 0 Å². The monoisotopic (exact) mass is 396 g/mol. The Morgan fingerprint density at radius 1 is 0.750 bits per heavy atom. The van der Waals surface area contributed by atoms with Crippen molar-refractivity contribution in [1.82, 2.24) is 10.3 Å². The van der Waals surface area contributed by atoms with Gasteiger partial charge in [0.1, 0.15) is 0 Å². The fourth-order valence-corrected chi connectivity index (χ4v) is 1.92. The van der Waals surface area contributed by atoms with Crippen LogP contribution in [0.2, 0.25) is 0 Å². The van der Waals surface area contributed by atoms with Crippen molar-refractivity contribution in [3.8, 4) is 0 Å². The van der Waals surface area contributed by atoms with Crippen LogP contribution < -0.4 is 0 Å². The third-order valence-corrected chi connectivity index (χ3v) is 3.43. The number of hydrogen-bond acceptors (Lipinski definition) is 4. The zero-order valence-corrected chi connectivity index (χ0v) is 14.1. The molecule has 2 aromatic heterocycles. The van der Waals surface area contributed by atoms with E-state index in [4.69, 9.17) is 78.7 Å². The van der Waals surface area contributed by atoms with Gasteiger partial charge in [0.25, 0.3) is 7.59 Å². The summed E-state index contributed by atoms with van der Waals surface area (Å²) in [6.45, 7) is 0. The average molecular weight is 399 g/mol. The van der Waals surface area contributed by atoms with Crippen molar-refractivity contribution in [2.75, 3.05) is 0 Å². The van der Waals surface area contributed by atoms with E-state index in [0.717, 1.165) is 0 Å². The Bertz CT molecular complexity index is 531. The van der Waals surface area contributed by atoms with Crippen LogP contribution in [0.5, 0.6) is 0 Å². The third-order valence-electron chi connectivity index (χ3n) is 2.31. The van der Waals surface area contributed by atoms with E-state index in [0.29, 0.717) is 24.2 Å². The lowest BCUT2D eigenvalue weighted by molar-refractivity contribution is 0.376. The predicted octanol–water partition coefficient (Wildman–Crippen LogP) is 5.10. The van der Waals surface area contributed by atoms with Gasteiger partial charge in [-0.1, -0.05) is 79.9 Å². The minimum absolute atomic E-state index is 0.152. The van der Waals surface area contributed by atoms with E-state index in [1.54, 1.807) is 12.1 Å². The molecule has 0 bridgehead atoms. The van der Waals surface area contributed by atoms with Crippen molar-refractivity contribution in [3.05, 3.63) is 35.0 Å². The molecule has 0 spiro atoms. The molecule has 0 aliphatic heterocycles. The summed E-state index contributed by atoms with van der Waals surface area (Å²) in [4.78, 5) is 0. The summed E-state index contributed by atoms with van der Waals surface area (Å²) < 4.78 is 6.57. The van der Waals surface area contributed by atoms with Crippen LogP contribution in [0.25, 0.3) is 0 Å². The molecule has 0 N–H and O–H groups in total. The average Bonchev–Trinajstić information content (AvgIpc) is 2.94. The molecule has 0 atom stereocenters. The molecule has 0 aliphatic rings. The molecule has 0 radical (unpaired) electrons. The van der Waals surface area contributed by atoms with Crippen molar-refractivity contribution >= 4 is 69.6 Å². The second kappa shape index (κ2) is 6.11. The van der Waals surface area contributed by atoms with Gasteiger partial charge in [-0.25, -0.2) is 0 Å². The summed E-state index contributed by atoms with van der Waals surface area (Å²) in [5.41, 5.74) is 1.23. The number of rotatable bonds is 3. The van der Waals surface area contributed by atoms with E-state index < -0.39 is 7.59 Å². The first kappa shape index (κ1) is 16.5. The fourth-order valence-electron chi connectivity index (χ4n) is 1.38. The Labute approximate surface area is 144 Å². The first-order valence-electron chi connectivity index (χ1n) is 5.22. The first-order valence-corrected chi connectivity index (χ1v) is 7.48. The van der Waals surface area contributed by atoms with E-state index in [1.807, 2.05) is 0 Å². The smallest absolute Gasteiger partial charge is 0.250 e. The minimum atomic E-state index is -1.64. The van der Waals surface area contributed by atoms with Crippen LogP contribution in [0.4, 0.5) is 0 Å². The minimum Gasteiger partial charge on any atom is -0.356 e. The van der Waals surface area contributed by atoms with Gasteiger partial charge in [-0.2, -0.15) is 0 Å². The lowest BCUT2D eigenvalue weighted by Gasteiger charge is -2.03. The lowest BCUT2D eigenvalue weighted by atomic mass is 10.2. The maximum absolute atomic E-state index is 5.67. The van der Waals surface area contributed by atoms with E-state index >= 15 is 0 Å². The molecule has 0 saturated heterocycles. The molecular formula is C10H6Cl6N2O2. The second-order valence-corrected chi connectivity index (χ2v) is 8.42. The molecule has 0 aliphatic carbocycles. The Balaban J connectivity index is 1.99. The van der Waals surface area contributed by atoms with Crippen LogP contribution in [0.3, 0.4) is 0 Å². The lowest BCUT2D eigenvalue weighted by Crippen LogP contribution is -1.97. The number of aromatic nitrogens is 2. The van der Waals surface area contributed by atoms with Crippen molar-refractivity contribution in [3.63, 3.8) is 0 Å². The first-order chi connectivity index (χ1) is 9.16. The quantitative estimate of drug-likeness (QED) is 0.675. The summed E-state index contributed by atoms with van der Waals surface area (Å²) in [5, 5.41) is 7.58. The van der Waals surface area contributed by atoms with E-state index in [-0.39, 0.29) is 11.5 Å². The van der Waals surface area contributed by atoms with E-state index in [2.05, 4.69) is 10.3 Å². The van der Waals surface area contributed by atoms with Crippen LogP contribution >= 0.6 is 69.6 Å². The third kappa shape index (κ3) is 4.33. The van der Waals surface area contributed by atoms with Gasteiger partial charge in [-0.05, 0) is 12.8 Å². The van der Waals surface area contributed by atoms with Gasteiger partial charge in [0, 0.05) is 12.1 Å². The van der Waals surface area contributed by atoms with Crippen LogP contribution in [-0.4, -0.2) is 10.3 Å². The van der Waals surface area contributed by atoms with Gasteiger partial charge >= 0.3 is 0 Å². The molecular weight excluding hydrogens is 393 g/mol. The summed E-state index contributed by atoms with van der Waals surface area (Å²) >= 11 is 34.0. The zero-order chi connectivity index (χ0) is 15.0. The van der Waals surface area contributed by atoms with Gasteiger partial charge in [0.15, 0.2) is 11.5 Å².